The minimum atomic E-state index is -4.29. The second-order valence-electron chi connectivity index (χ2n) is 0.513. The van der Waals surface area contributed by atoms with Crippen LogP contribution in [0.2, 0.25) is 0 Å². The Kier molecular flexibility index (Phi) is 146. The average molecular weight is 432 g/mol. The van der Waals surface area contributed by atoms with Gasteiger partial charge in [-0.25, -0.2) is 0 Å². The molecular formula is H6AsNa3O6S2Sb. The van der Waals surface area contributed by atoms with Crippen LogP contribution in [0, 0.1) is 0 Å². The molecule has 0 aromatic heterocycles. The molecule has 0 amide bonds. The molecular weight excluding hydrogens is 426 g/mol. The second-order valence-corrected chi connectivity index (χ2v) is 5.21. The molecule has 6 nitrogen and oxygen atoms in total. The Morgan fingerprint density at radius 3 is 0.769 bits per heavy atom. The van der Waals surface area contributed by atoms with Crippen molar-refractivity contribution in [1.82, 2.24) is 0 Å². The fourth-order valence-corrected chi connectivity index (χ4v) is 0. The van der Waals surface area contributed by atoms with Gasteiger partial charge in [-0.1, -0.05) is 0 Å². The molecule has 0 bridgehead atoms. The van der Waals surface area contributed by atoms with Crippen LogP contribution >= 0.6 is 19.6 Å². The van der Waals surface area contributed by atoms with Crippen LogP contribution in [-0.4, -0.2) is 62.7 Å². The van der Waals surface area contributed by atoms with Crippen molar-refractivity contribution in [2.45, 2.75) is 0 Å². The van der Waals surface area contributed by atoms with Crippen LogP contribution in [0.15, 0.2) is 0 Å². The molecule has 0 aliphatic carbocycles. The van der Waals surface area contributed by atoms with Crippen LogP contribution in [0.4, 0.5) is 0 Å². The van der Waals surface area contributed by atoms with Gasteiger partial charge in [0, 0.05) is 0 Å². The zero-order valence-corrected chi connectivity index (χ0v) is 19.5. The van der Waals surface area contributed by atoms with Gasteiger partial charge in [-0.3, -0.25) is 0 Å². The molecule has 67 valence electrons. The molecule has 0 saturated carbocycles. The summed E-state index contributed by atoms with van der Waals surface area (Å²) < 4.78 is 22.9. The third-order valence-electron chi connectivity index (χ3n) is 0. The SMILES string of the molecule is O[As](O)(O)=S.[Na+].[Na+].[Na+].[OH-].[OH-].[OH-].[S]=[Sb]. The topological polar surface area (TPSA) is 151 Å². The standard InChI is InChI=1S/AsH3O3S.3Na.3H2O.S.Sb/c2-1(3,4)5;;;;;;;;/h(H3,2,3,4,5);;;;3*1H2;;/q;3*+1;;;;;/p-3. The fraction of sp³-hybridized carbons (Fsp3) is 0. The Morgan fingerprint density at radius 1 is 0.769 bits per heavy atom. The number of hydrogen-bond acceptors (Lipinski definition) is 5. The Morgan fingerprint density at radius 2 is 0.769 bits per heavy atom. The van der Waals surface area contributed by atoms with Gasteiger partial charge < -0.3 is 16.4 Å². The number of rotatable bonds is 0. The van der Waals surface area contributed by atoms with Crippen molar-refractivity contribution in [3.63, 3.8) is 0 Å². The van der Waals surface area contributed by atoms with Crippen molar-refractivity contribution in [3.8, 4) is 0 Å². The van der Waals surface area contributed by atoms with Crippen molar-refractivity contribution in [2.24, 2.45) is 0 Å². The summed E-state index contributed by atoms with van der Waals surface area (Å²) in [7, 11) is 7.80. The molecule has 13 heavy (non-hydrogen) atoms. The molecule has 13 heteroatoms. The molecule has 0 heterocycles. The number of hydrogen-bond donors (Lipinski definition) is 3. The Labute approximate surface area is 167 Å². The van der Waals surface area contributed by atoms with Crippen LogP contribution in [0.1, 0.15) is 0 Å². The summed E-state index contributed by atoms with van der Waals surface area (Å²) in [5, 5.41) is 0. The first kappa shape index (κ1) is 52.7. The molecule has 0 saturated heterocycles. The van der Waals surface area contributed by atoms with Gasteiger partial charge in [0.05, 0.1) is 0 Å². The fourth-order valence-electron chi connectivity index (χ4n) is 0. The molecule has 0 unspecified atom stereocenters. The Hall–Kier alpha value is 4.58. The van der Waals surface area contributed by atoms with Gasteiger partial charge in [-0.05, 0) is 0 Å². The van der Waals surface area contributed by atoms with Crippen molar-refractivity contribution in [1.29, 1.82) is 0 Å². The van der Waals surface area contributed by atoms with E-state index in [0.717, 1.165) is 0 Å². The zero-order valence-electron chi connectivity index (χ0n) is 7.39. The Balaban J connectivity index is -0.00000000492. The normalized spacial score (nSPS) is 4.85. The van der Waals surface area contributed by atoms with Crippen molar-refractivity contribution < 1.29 is 117 Å². The van der Waals surface area contributed by atoms with Gasteiger partial charge in [0.15, 0.2) is 0 Å². The molecule has 0 aliphatic heterocycles. The second kappa shape index (κ2) is 36.0. The molecule has 0 aliphatic rings. The van der Waals surface area contributed by atoms with Crippen LogP contribution in [-0.2, 0) is 0 Å². The van der Waals surface area contributed by atoms with E-state index >= 15 is 0 Å². The van der Waals surface area contributed by atoms with Crippen LogP contribution < -0.4 is 88.7 Å². The van der Waals surface area contributed by atoms with Crippen molar-refractivity contribution in [3.05, 3.63) is 0 Å². The molecule has 0 spiro atoms. The van der Waals surface area contributed by atoms with Crippen LogP contribution in [0.5, 0.6) is 0 Å². The monoisotopic (exact) mass is 431 g/mol. The molecule has 0 aromatic rings. The van der Waals surface area contributed by atoms with Gasteiger partial charge in [0.25, 0.3) is 0 Å². The van der Waals surface area contributed by atoms with E-state index in [-0.39, 0.29) is 105 Å². The zero-order chi connectivity index (χ0) is 6.50. The molecule has 0 rings (SSSR count). The van der Waals surface area contributed by atoms with E-state index in [1.54, 1.807) is 0 Å². The molecule has 0 aromatic carbocycles. The van der Waals surface area contributed by atoms with Crippen LogP contribution in [0.3, 0.4) is 0 Å². The van der Waals surface area contributed by atoms with E-state index in [9.17, 15) is 0 Å². The summed E-state index contributed by atoms with van der Waals surface area (Å²) in [6, 6.07) is 0. The van der Waals surface area contributed by atoms with Gasteiger partial charge >= 0.3 is 155 Å². The summed E-state index contributed by atoms with van der Waals surface area (Å²) >= 11 is -2.96. The maximum atomic E-state index is 7.62. The summed E-state index contributed by atoms with van der Waals surface area (Å²) in [6.45, 7) is 0. The summed E-state index contributed by atoms with van der Waals surface area (Å²) in [5.74, 6) is 0. The first-order valence-electron chi connectivity index (χ1n) is 0.965. The molecule has 0 fully saturated rings. The molecule has 6 N–H and O–H groups in total. The van der Waals surface area contributed by atoms with Gasteiger partial charge in [0.2, 0.25) is 0 Å². The van der Waals surface area contributed by atoms with Gasteiger partial charge in [-0.15, -0.1) is 0 Å². The third kappa shape index (κ3) is 168. The summed E-state index contributed by atoms with van der Waals surface area (Å²) in [6.07, 6.45) is 0. The van der Waals surface area contributed by atoms with Crippen LogP contribution in [0.25, 0.3) is 0 Å². The van der Waals surface area contributed by atoms with Gasteiger partial charge in [0.1, 0.15) is 0 Å². The first-order chi connectivity index (χ1) is 3.00. The maximum absolute atomic E-state index is 7.62. The van der Waals surface area contributed by atoms with Crippen molar-refractivity contribution >= 4 is 53.5 Å². The van der Waals surface area contributed by atoms with Gasteiger partial charge in [-0.2, -0.15) is 0 Å². The Bertz CT molecular complexity index is 81.7. The van der Waals surface area contributed by atoms with E-state index in [1.807, 2.05) is 0 Å². The van der Waals surface area contributed by atoms with E-state index < -0.39 is 12.9 Å². The minimum absolute atomic E-state index is 0. The molecule has 1 radical (unpaired) electrons. The third-order valence-corrected chi connectivity index (χ3v) is 0. The predicted octanol–water partition coefficient (Wildman–Crippen LogP) is -10.7. The summed E-state index contributed by atoms with van der Waals surface area (Å²) in [5.41, 5.74) is 0. The first-order valence-corrected chi connectivity index (χ1v) is 9.64. The van der Waals surface area contributed by atoms with E-state index in [4.69, 9.17) is 12.3 Å². The summed E-state index contributed by atoms with van der Waals surface area (Å²) in [4.78, 5) is 0. The predicted molar refractivity (Wildman–Crippen MR) is 39.2 cm³/mol. The van der Waals surface area contributed by atoms with E-state index in [0.29, 0.717) is 0 Å². The van der Waals surface area contributed by atoms with Crippen molar-refractivity contribution in [2.75, 3.05) is 0 Å². The van der Waals surface area contributed by atoms with E-state index in [2.05, 4.69) is 19.6 Å². The average Bonchev–Trinajstić information content (AvgIpc) is 1.36. The molecule has 0 atom stereocenters. The van der Waals surface area contributed by atoms with E-state index in [1.165, 1.54) is 21.1 Å². The quantitative estimate of drug-likeness (QED) is 0.320.